The fourth-order valence-electron chi connectivity index (χ4n) is 4.95. The third-order valence-electron chi connectivity index (χ3n) is 7.30. The van der Waals surface area contributed by atoms with Crippen molar-refractivity contribution in [2.45, 2.75) is 45.1 Å². The van der Waals surface area contributed by atoms with Crippen molar-refractivity contribution in [2.24, 2.45) is 5.73 Å². The lowest BCUT2D eigenvalue weighted by Crippen LogP contribution is -2.42. The summed E-state index contributed by atoms with van der Waals surface area (Å²) in [5.74, 6) is 0.387. The Kier molecular flexibility index (Phi) is 8.49. The van der Waals surface area contributed by atoms with Crippen molar-refractivity contribution in [3.8, 4) is 5.75 Å². The molecular weight excluding hydrogens is 508 g/mol. The third kappa shape index (κ3) is 6.91. The molecule has 2 aliphatic heterocycles. The van der Waals surface area contributed by atoms with Gasteiger partial charge in [-0.05, 0) is 52.9 Å². The van der Waals surface area contributed by atoms with Crippen molar-refractivity contribution < 1.29 is 23.8 Å². The van der Waals surface area contributed by atoms with Gasteiger partial charge >= 0.3 is 12.1 Å². The maximum atomic E-state index is 12.7. The smallest absolute Gasteiger partial charge is 0.410 e. The van der Waals surface area contributed by atoms with E-state index < -0.39 is 5.97 Å². The number of ether oxygens (including phenoxy) is 3. The number of carbonyl (C=O) groups excluding carboxylic acids is 2. The lowest BCUT2D eigenvalue weighted by molar-refractivity contribution is 0.0472. The highest BCUT2D eigenvalue weighted by Gasteiger charge is 2.25. The second kappa shape index (κ2) is 12.5. The summed E-state index contributed by atoms with van der Waals surface area (Å²) in [6.45, 7) is 2.81. The number of guanidine groups is 1. The Morgan fingerprint density at radius 1 is 0.825 bits per heavy atom. The van der Waals surface area contributed by atoms with Gasteiger partial charge in [0.05, 0.1) is 5.56 Å². The Balaban J connectivity index is 1.05. The number of likely N-dealkylation sites (tertiary alicyclic amines) is 1. The Labute approximate surface area is 233 Å². The van der Waals surface area contributed by atoms with E-state index in [9.17, 15) is 9.59 Å². The maximum Gasteiger partial charge on any atom is 0.410 e. The van der Waals surface area contributed by atoms with Crippen LogP contribution in [-0.4, -0.2) is 53.6 Å². The molecule has 0 radical (unpaired) electrons. The van der Waals surface area contributed by atoms with E-state index in [0.717, 1.165) is 41.7 Å². The van der Waals surface area contributed by atoms with Gasteiger partial charge in [0.2, 0.25) is 0 Å². The predicted octanol–water partition coefficient (Wildman–Crippen LogP) is 4.48. The van der Waals surface area contributed by atoms with Gasteiger partial charge in [-0.3, -0.25) is 5.41 Å². The molecule has 0 atom stereocenters. The van der Waals surface area contributed by atoms with Crippen molar-refractivity contribution in [2.75, 3.05) is 19.6 Å². The molecule has 3 aromatic rings. The van der Waals surface area contributed by atoms with E-state index in [2.05, 4.69) is 0 Å². The first-order valence-corrected chi connectivity index (χ1v) is 13.5. The van der Waals surface area contributed by atoms with E-state index in [1.165, 1.54) is 5.56 Å². The van der Waals surface area contributed by atoms with Crippen molar-refractivity contribution in [1.82, 2.24) is 9.80 Å². The molecule has 208 valence electrons. The molecule has 0 saturated carbocycles. The van der Waals surface area contributed by atoms with Crippen molar-refractivity contribution in [3.63, 3.8) is 0 Å². The van der Waals surface area contributed by atoms with E-state index >= 15 is 0 Å². The number of fused-ring (bicyclic) bond motifs is 1. The number of benzene rings is 3. The number of amides is 1. The Hall–Kier alpha value is -4.53. The van der Waals surface area contributed by atoms with Crippen molar-refractivity contribution >= 4 is 18.0 Å². The third-order valence-corrected chi connectivity index (χ3v) is 7.30. The van der Waals surface area contributed by atoms with Gasteiger partial charge in [-0.25, -0.2) is 9.59 Å². The molecule has 0 bridgehead atoms. The molecule has 9 nitrogen and oxygen atoms in total. The number of piperidine rings is 1. The van der Waals surface area contributed by atoms with E-state index in [-0.39, 0.29) is 31.4 Å². The zero-order valence-electron chi connectivity index (χ0n) is 22.4. The first-order chi connectivity index (χ1) is 19.4. The molecule has 0 aliphatic carbocycles. The lowest BCUT2D eigenvalue weighted by atomic mass is 9.97. The van der Waals surface area contributed by atoms with Crippen LogP contribution in [0.3, 0.4) is 0 Å². The summed E-state index contributed by atoms with van der Waals surface area (Å²) in [6, 6.07) is 22.7. The van der Waals surface area contributed by atoms with Gasteiger partial charge in [0.15, 0.2) is 5.96 Å². The van der Waals surface area contributed by atoms with Crippen LogP contribution in [0.2, 0.25) is 0 Å². The van der Waals surface area contributed by atoms with Crippen LogP contribution < -0.4 is 10.5 Å². The summed E-state index contributed by atoms with van der Waals surface area (Å²) in [7, 11) is 0. The van der Waals surface area contributed by atoms with Crippen molar-refractivity contribution in [1.29, 1.82) is 5.41 Å². The summed E-state index contributed by atoms with van der Waals surface area (Å²) in [5, 5.41) is 7.66. The zero-order valence-corrected chi connectivity index (χ0v) is 22.4. The molecule has 0 aromatic heterocycles. The average molecular weight is 543 g/mol. The number of nitrogens with two attached hydrogens (primary N) is 1. The van der Waals surface area contributed by atoms with Crippen LogP contribution in [-0.2, 0) is 35.7 Å². The number of esters is 1. The van der Waals surface area contributed by atoms with Gasteiger partial charge in [-0.2, -0.15) is 0 Å². The van der Waals surface area contributed by atoms with Gasteiger partial charge < -0.3 is 29.7 Å². The van der Waals surface area contributed by atoms with Gasteiger partial charge in [-0.1, -0.05) is 48.5 Å². The Morgan fingerprint density at radius 2 is 1.52 bits per heavy atom. The molecule has 1 saturated heterocycles. The van der Waals surface area contributed by atoms with Gasteiger partial charge in [0.1, 0.15) is 25.1 Å². The maximum absolute atomic E-state index is 12.7. The minimum Gasteiger partial charge on any atom is -0.490 e. The van der Waals surface area contributed by atoms with Crippen LogP contribution in [0.1, 0.15) is 45.5 Å². The average Bonchev–Trinajstić information content (AvgIpc) is 2.99. The minimum atomic E-state index is -0.392. The van der Waals surface area contributed by atoms with Crippen LogP contribution in [0, 0.1) is 5.41 Å². The second-order valence-electron chi connectivity index (χ2n) is 10.1. The quantitative estimate of drug-likeness (QED) is 0.257. The predicted molar refractivity (Wildman–Crippen MR) is 150 cm³/mol. The Bertz CT molecular complexity index is 1340. The molecule has 2 aliphatic rings. The number of hydrogen-bond acceptors (Lipinski definition) is 6. The summed E-state index contributed by atoms with van der Waals surface area (Å²) in [5.41, 5.74) is 10.1. The molecule has 0 unspecified atom stereocenters. The SMILES string of the molecule is N=C(N)N1CCc2ccc(C(=O)OCc3ccc(OC4CCN(C(=O)OCc5ccccc5)CC4)cc3)cc2C1. The number of nitrogens with one attached hydrogen (secondary N) is 1. The highest BCUT2D eigenvalue weighted by Crippen LogP contribution is 2.23. The molecule has 3 aromatic carbocycles. The van der Waals surface area contributed by atoms with Gasteiger partial charge in [-0.15, -0.1) is 0 Å². The summed E-state index contributed by atoms with van der Waals surface area (Å²) >= 11 is 0. The molecular formula is C31H34N4O5. The largest absolute Gasteiger partial charge is 0.490 e. The summed E-state index contributed by atoms with van der Waals surface area (Å²) in [6.07, 6.45) is 1.97. The topological polar surface area (TPSA) is 118 Å². The normalized spacial score (nSPS) is 15.2. The van der Waals surface area contributed by atoms with Crippen LogP contribution in [0.15, 0.2) is 72.8 Å². The van der Waals surface area contributed by atoms with Crippen LogP contribution in [0.4, 0.5) is 4.79 Å². The van der Waals surface area contributed by atoms with E-state index in [1.807, 2.05) is 66.7 Å². The van der Waals surface area contributed by atoms with Gasteiger partial charge in [0, 0.05) is 39.0 Å². The summed E-state index contributed by atoms with van der Waals surface area (Å²) in [4.78, 5) is 28.6. The van der Waals surface area contributed by atoms with E-state index in [1.54, 1.807) is 15.9 Å². The molecule has 0 spiro atoms. The Morgan fingerprint density at radius 3 is 2.25 bits per heavy atom. The number of nitrogens with zero attached hydrogens (tertiary/aromatic N) is 2. The molecule has 1 amide bonds. The summed E-state index contributed by atoms with van der Waals surface area (Å²) < 4.78 is 17.1. The minimum absolute atomic E-state index is 0.0183. The number of hydrogen-bond donors (Lipinski definition) is 2. The fourth-order valence-corrected chi connectivity index (χ4v) is 4.95. The van der Waals surface area contributed by atoms with Crippen LogP contribution >= 0.6 is 0 Å². The standard InChI is InChI=1S/C31H34N4O5/c32-30(33)35-15-12-24-8-9-25(18-26(24)19-35)29(36)38-20-23-6-10-27(11-7-23)40-28-13-16-34(17-14-28)31(37)39-21-22-4-2-1-3-5-22/h1-11,18,28H,12-17,19-21H2,(H3,32,33). The highest BCUT2D eigenvalue weighted by molar-refractivity contribution is 5.89. The first kappa shape index (κ1) is 27.1. The number of carbonyl (C=O) groups is 2. The molecule has 3 N–H and O–H groups in total. The van der Waals surface area contributed by atoms with Gasteiger partial charge in [0.25, 0.3) is 0 Å². The highest BCUT2D eigenvalue weighted by atomic mass is 16.6. The van der Waals surface area contributed by atoms with Crippen molar-refractivity contribution in [3.05, 3.63) is 101 Å². The molecule has 40 heavy (non-hydrogen) atoms. The van der Waals surface area contributed by atoms with E-state index in [4.69, 9.17) is 25.4 Å². The molecule has 1 fully saturated rings. The zero-order chi connectivity index (χ0) is 27.9. The second-order valence-corrected chi connectivity index (χ2v) is 10.1. The van der Waals surface area contributed by atoms with E-state index in [0.29, 0.717) is 31.7 Å². The number of rotatable bonds is 7. The first-order valence-electron chi connectivity index (χ1n) is 13.5. The van der Waals surface area contributed by atoms with Crippen LogP contribution in [0.5, 0.6) is 5.75 Å². The molecule has 9 heteroatoms. The monoisotopic (exact) mass is 542 g/mol. The molecule has 5 rings (SSSR count). The lowest BCUT2D eigenvalue weighted by Gasteiger charge is -2.31. The van der Waals surface area contributed by atoms with Crippen LogP contribution in [0.25, 0.3) is 0 Å². The molecule has 2 heterocycles. The fraction of sp³-hybridized carbons (Fsp3) is 0.323.